The number of hydrogen-bond donors (Lipinski definition) is 1. The lowest BCUT2D eigenvalue weighted by Gasteiger charge is -2.05. The van der Waals surface area contributed by atoms with Crippen LogP contribution in [0, 0.1) is 0 Å². The summed E-state index contributed by atoms with van der Waals surface area (Å²) in [4.78, 5) is 10.8. The van der Waals surface area contributed by atoms with Gasteiger partial charge in [0.15, 0.2) is 0 Å². The minimum Gasteiger partial charge on any atom is -0.392 e. The highest BCUT2D eigenvalue weighted by atomic mass is 19.4. The summed E-state index contributed by atoms with van der Waals surface area (Å²) in [5.74, 6) is -1.87. The Morgan fingerprint density at radius 1 is 1.60 bits per heavy atom. The van der Waals surface area contributed by atoms with Crippen LogP contribution in [0.4, 0.5) is 13.2 Å². The summed E-state index contributed by atoms with van der Waals surface area (Å²) in [6.07, 6.45) is -3.13. The maximum absolute atomic E-state index is 12.0. The van der Waals surface area contributed by atoms with Gasteiger partial charge in [0.1, 0.15) is 0 Å². The van der Waals surface area contributed by atoms with Crippen molar-refractivity contribution < 1.29 is 23.1 Å². The Balaban J connectivity index is 2.81. The Labute approximate surface area is 84.1 Å². The van der Waals surface area contributed by atoms with E-state index in [1.165, 1.54) is 17.7 Å². The number of halogens is 3. The molecule has 1 unspecified atom stereocenters. The van der Waals surface area contributed by atoms with Crippen molar-refractivity contribution in [2.45, 2.75) is 25.7 Å². The van der Waals surface area contributed by atoms with Gasteiger partial charge in [0.2, 0.25) is 0 Å². The average molecular weight is 221 g/mol. The van der Waals surface area contributed by atoms with Crippen molar-refractivity contribution in [3.63, 3.8) is 0 Å². The first-order valence-corrected chi connectivity index (χ1v) is 4.26. The molecule has 1 aromatic rings. The highest BCUT2D eigenvalue weighted by Gasteiger charge is 2.39. The lowest BCUT2D eigenvalue weighted by atomic mass is 10.2. The van der Waals surface area contributed by atoms with Crippen molar-refractivity contribution in [2.24, 2.45) is 0 Å². The van der Waals surface area contributed by atoms with Crippen molar-refractivity contribution in [1.29, 1.82) is 0 Å². The first kappa shape index (κ1) is 11.8. The monoisotopic (exact) mass is 221 g/mol. The molecular weight excluding hydrogens is 211 g/mol. The summed E-state index contributed by atoms with van der Waals surface area (Å²) >= 11 is 0. The number of aliphatic hydroxyl groups is 1. The molecule has 0 aromatic carbocycles. The van der Waals surface area contributed by atoms with Gasteiger partial charge in [-0.1, -0.05) is 0 Å². The maximum atomic E-state index is 12.0. The summed E-state index contributed by atoms with van der Waals surface area (Å²) in [6.45, 7) is 1.66. The van der Waals surface area contributed by atoms with E-state index in [1.54, 1.807) is 0 Å². The minimum absolute atomic E-state index is 0.158. The first-order chi connectivity index (χ1) is 6.80. The summed E-state index contributed by atoms with van der Waals surface area (Å²) in [7, 11) is 0. The number of hydrogen-bond acceptors (Lipinski definition) is 2. The molecular formula is C9H10F3NO2. The smallest absolute Gasteiger partial charge is 0.392 e. The molecule has 1 aromatic heterocycles. The van der Waals surface area contributed by atoms with Crippen molar-refractivity contribution in [3.05, 3.63) is 24.0 Å². The molecule has 0 spiro atoms. The van der Waals surface area contributed by atoms with Crippen molar-refractivity contribution >= 4 is 5.78 Å². The van der Waals surface area contributed by atoms with Gasteiger partial charge in [0.05, 0.1) is 6.10 Å². The predicted molar refractivity (Wildman–Crippen MR) is 46.5 cm³/mol. The van der Waals surface area contributed by atoms with E-state index in [0.29, 0.717) is 0 Å². The second-order valence-electron chi connectivity index (χ2n) is 3.27. The third-order valence-electron chi connectivity index (χ3n) is 1.75. The zero-order valence-electron chi connectivity index (χ0n) is 7.95. The van der Waals surface area contributed by atoms with E-state index in [9.17, 15) is 18.0 Å². The van der Waals surface area contributed by atoms with Crippen LogP contribution in [0.2, 0.25) is 0 Å². The summed E-state index contributed by atoms with van der Waals surface area (Å²) in [6, 6.07) is 1.08. The number of ketones is 1. The molecule has 0 bridgehead atoms. The fourth-order valence-electron chi connectivity index (χ4n) is 1.16. The minimum atomic E-state index is -4.85. The summed E-state index contributed by atoms with van der Waals surface area (Å²) < 4.78 is 37.3. The topological polar surface area (TPSA) is 42.2 Å². The SMILES string of the molecule is CC(O)Cn1ccc(C(=O)C(F)(F)F)c1. The van der Waals surface area contributed by atoms with Crippen LogP contribution in [0.25, 0.3) is 0 Å². The van der Waals surface area contributed by atoms with E-state index in [-0.39, 0.29) is 6.54 Å². The van der Waals surface area contributed by atoms with Crippen LogP contribution in [0.1, 0.15) is 17.3 Å². The van der Waals surface area contributed by atoms with E-state index in [4.69, 9.17) is 5.11 Å². The average Bonchev–Trinajstić information content (AvgIpc) is 2.48. The number of carbonyl (C=O) groups excluding carboxylic acids is 1. The van der Waals surface area contributed by atoms with E-state index in [2.05, 4.69) is 0 Å². The molecule has 15 heavy (non-hydrogen) atoms. The van der Waals surface area contributed by atoms with Gasteiger partial charge in [-0.05, 0) is 13.0 Å². The molecule has 0 saturated carbocycles. The van der Waals surface area contributed by atoms with Gasteiger partial charge in [-0.2, -0.15) is 13.2 Å². The molecule has 1 rings (SSSR count). The van der Waals surface area contributed by atoms with E-state index in [1.807, 2.05) is 0 Å². The largest absolute Gasteiger partial charge is 0.454 e. The zero-order chi connectivity index (χ0) is 11.6. The molecule has 0 aliphatic heterocycles. The van der Waals surface area contributed by atoms with Gasteiger partial charge in [-0.15, -0.1) is 0 Å². The summed E-state index contributed by atoms with van der Waals surface area (Å²) in [5.41, 5.74) is -0.414. The van der Waals surface area contributed by atoms with Gasteiger partial charge >= 0.3 is 6.18 Å². The van der Waals surface area contributed by atoms with Gasteiger partial charge in [0.25, 0.3) is 5.78 Å². The lowest BCUT2D eigenvalue weighted by Crippen LogP contribution is -2.22. The number of nitrogens with zero attached hydrogens (tertiary/aromatic N) is 1. The molecule has 0 amide bonds. The molecule has 1 heterocycles. The number of Topliss-reactive ketones (excluding diaryl/α,β-unsaturated/α-hetero) is 1. The Morgan fingerprint density at radius 3 is 2.67 bits per heavy atom. The Hall–Kier alpha value is -1.30. The number of carbonyl (C=O) groups is 1. The highest BCUT2D eigenvalue weighted by molar-refractivity contribution is 6.00. The van der Waals surface area contributed by atoms with Crippen LogP contribution in [-0.2, 0) is 6.54 Å². The van der Waals surface area contributed by atoms with Crippen LogP contribution in [0.15, 0.2) is 18.5 Å². The third kappa shape index (κ3) is 3.09. The number of alkyl halides is 3. The lowest BCUT2D eigenvalue weighted by molar-refractivity contribution is -0.0885. The third-order valence-corrected chi connectivity index (χ3v) is 1.75. The van der Waals surface area contributed by atoms with Crippen molar-refractivity contribution in [3.8, 4) is 0 Å². The van der Waals surface area contributed by atoms with Gasteiger partial charge < -0.3 is 9.67 Å². The number of aliphatic hydroxyl groups excluding tert-OH is 1. The van der Waals surface area contributed by atoms with Crippen LogP contribution >= 0.6 is 0 Å². The molecule has 0 aliphatic carbocycles. The van der Waals surface area contributed by atoms with Gasteiger partial charge in [-0.25, -0.2) is 0 Å². The van der Waals surface area contributed by atoms with E-state index in [0.717, 1.165) is 12.3 Å². The maximum Gasteiger partial charge on any atom is 0.454 e. The van der Waals surface area contributed by atoms with E-state index >= 15 is 0 Å². The zero-order valence-corrected chi connectivity index (χ0v) is 7.95. The van der Waals surface area contributed by atoms with Crippen LogP contribution in [0.5, 0.6) is 0 Å². The quantitative estimate of drug-likeness (QED) is 0.788. The molecule has 0 fully saturated rings. The standard InChI is InChI=1S/C9H10F3NO2/c1-6(14)4-13-3-2-7(5-13)8(15)9(10,11)12/h2-3,5-6,14H,4H2,1H3. The fourth-order valence-corrected chi connectivity index (χ4v) is 1.16. The highest BCUT2D eigenvalue weighted by Crippen LogP contribution is 2.21. The molecule has 6 heteroatoms. The van der Waals surface area contributed by atoms with Crippen LogP contribution in [0.3, 0.4) is 0 Å². The van der Waals surface area contributed by atoms with Crippen molar-refractivity contribution in [2.75, 3.05) is 0 Å². The molecule has 0 saturated heterocycles. The Morgan fingerprint density at radius 2 is 2.20 bits per heavy atom. The predicted octanol–water partition coefficient (Wildman–Crippen LogP) is 1.61. The van der Waals surface area contributed by atoms with Crippen LogP contribution in [-0.4, -0.2) is 27.7 Å². The van der Waals surface area contributed by atoms with Crippen LogP contribution < -0.4 is 0 Å². The molecule has 0 radical (unpaired) electrons. The Bertz CT molecular complexity index is 354. The molecule has 1 N–H and O–H groups in total. The number of aromatic nitrogens is 1. The molecule has 84 valence electrons. The molecule has 1 atom stereocenters. The number of rotatable bonds is 3. The fraction of sp³-hybridized carbons (Fsp3) is 0.444. The van der Waals surface area contributed by atoms with Gasteiger partial charge in [-0.3, -0.25) is 4.79 Å². The second kappa shape index (κ2) is 4.06. The molecule has 0 aliphatic rings. The molecule has 3 nitrogen and oxygen atoms in total. The normalized spacial score (nSPS) is 13.9. The first-order valence-electron chi connectivity index (χ1n) is 4.26. The summed E-state index contributed by atoms with van der Waals surface area (Å²) in [5, 5.41) is 8.99. The van der Waals surface area contributed by atoms with Crippen molar-refractivity contribution in [1.82, 2.24) is 4.57 Å². The Kier molecular flexibility index (Phi) is 3.18. The second-order valence-corrected chi connectivity index (χ2v) is 3.27. The van der Waals surface area contributed by atoms with E-state index < -0.39 is 23.6 Å². The van der Waals surface area contributed by atoms with Gasteiger partial charge in [0, 0.05) is 24.5 Å².